The second kappa shape index (κ2) is 9.45. The molecule has 0 saturated heterocycles. The van der Waals surface area contributed by atoms with Gasteiger partial charge in [0.25, 0.3) is 5.91 Å². The van der Waals surface area contributed by atoms with Crippen LogP contribution in [0.25, 0.3) is 11.0 Å². The first-order valence-corrected chi connectivity index (χ1v) is 9.97. The quantitative estimate of drug-likeness (QED) is 0.593. The topological polar surface area (TPSA) is 65.4 Å². The Labute approximate surface area is 171 Å². The van der Waals surface area contributed by atoms with Crippen molar-refractivity contribution < 1.29 is 14.3 Å². The number of aryl methyl sites for hydroxylation is 1. The molecule has 3 aromatic rings. The lowest BCUT2D eigenvalue weighted by molar-refractivity contribution is 0.0953. The highest BCUT2D eigenvalue weighted by Crippen LogP contribution is 2.27. The molecule has 0 spiro atoms. The van der Waals surface area contributed by atoms with Crippen LogP contribution in [0.3, 0.4) is 0 Å². The van der Waals surface area contributed by atoms with E-state index in [9.17, 15) is 4.79 Å². The first kappa shape index (κ1) is 20.7. The van der Waals surface area contributed by atoms with Crippen molar-refractivity contribution in [1.29, 1.82) is 0 Å². The Balaban J connectivity index is 1.69. The Bertz CT molecular complexity index is 979. The molecule has 6 heteroatoms. The molecule has 29 heavy (non-hydrogen) atoms. The van der Waals surface area contributed by atoms with Crippen LogP contribution in [0, 0.1) is 5.92 Å². The molecule has 1 heterocycles. The summed E-state index contributed by atoms with van der Waals surface area (Å²) in [5.74, 6) is 2.61. The van der Waals surface area contributed by atoms with Crippen LogP contribution in [0.4, 0.5) is 0 Å². The van der Waals surface area contributed by atoms with Crippen LogP contribution in [0.15, 0.2) is 42.5 Å². The third kappa shape index (κ3) is 4.88. The monoisotopic (exact) mass is 395 g/mol. The van der Waals surface area contributed by atoms with E-state index in [0.29, 0.717) is 35.9 Å². The van der Waals surface area contributed by atoms with Crippen LogP contribution >= 0.6 is 0 Å². The second-order valence-corrected chi connectivity index (χ2v) is 7.43. The van der Waals surface area contributed by atoms with Gasteiger partial charge in [0.05, 0.1) is 25.3 Å². The van der Waals surface area contributed by atoms with E-state index in [1.807, 2.05) is 18.2 Å². The first-order chi connectivity index (χ1) is 14.0. The number of imidazole rings is 1. The van der Waals surface area contributed by atoms with Gasteiger partial charge < -0.3 is 19.4 Å². The molecule has 6 nitrogen and oxygen atoms in total. The Morgan fingerprint density at radius 3 is 2.59 bits per heavy atom. The van der Waals surface area contributed by atoms with Gasteiger partial charge in [-0.3, -0.25) is 4.79 Å². The average Bonchev–Trinajstić information content (AvgIpc) is 3.08. The summed E-state index contributed by atoms with van der Waals surface area (Å²) in [5.41, 5.74) is 2.68. The zero-order chi connectivity index (χ0) is 20.8. The molecule has 0 bridgehead atoms. The summed E-state index contributed by atoms with van der Waals surface area (Å²) < 4.78 is 12.8. The molecule has 0 unspecified atom stereocenters. The first-order valence-electron chi connectivity index (χ1n) is 9.97. The highest BCUT2D eigenvalue weighted by atomic mass is 16.5. The van der Waals surface area contributed by atoms with Gasteiger partial charge in [-0.25, -0.2) is 4.98 Å². The summed E-state index contributed by atoms with van der Waals surface area (Å²) in [5, 5.41) is 2.98. The highest BCUT2D eigenvalue weighted by molar-refractivity contribution is 5.94. The van der Waals surface area contributed by atoms with Crippen molar-refractivity contribution in [3.63, 3.8) is 0 Å². The zero-order valence-electron chi connectivity index (χ0n) is 17.6. The Morgan fingerprint density at radius 2 is 1.86 bits per heavy atom. The van der Waals surface area contributed by atoms with E-state index in [1.54, 1.807) is 32.4 Å². The molecule has 0 saturated carbocycles. The van der Waals surface area contributed by atoms with Crippen LogP contribution in [-0.4, -0.2) is 36.2 Å². The van der Waals surface area contributed by atoms with Gasteiger partial charge in [-0.05, 0) is 42.7 Å². The molecule has 0 atom stereocenters. The number of carbonyl (C=O) groups excluding carboxylic acids is 1. The third-order valence-corrected chi connectivity index (χ3v) is 4.94. The third-order valence-electron chi connectivity index (χ3n) is 4.94. The second-order valence-electron chi connectivity index (χ2n) is 7.43. The number of nitrogens with zero attached hydrogens (tertiary/aromatic N) is 2. The van der Waals surface area contributed by atoms with Crippen molar-refractivity contribution in [2.45, 2.75) is 33.2 Å². The molecule has 3 rings (SSSR count). The van der Waals surface area contributed by atoms with Crippen LogP contribution in [-0.2, 0) is 13.0 Å². The number of amides is 1. The lowest BCUT2D eigenvalue weighted by Crippen LogP contribution is -2.26. The molecule has 0 fully saturated rings. The number of hydrogen-bond donors (Lipinski definition) is 1. The van der Waals surface area contributed by atoms with E-state index < -0.39 is 0 Å². The fourth-order valence-corrected chi connectivity index (χ4v) is 3.32. The van der Waals surface area contributed by atoms with Crippen LogP contribution in [0.1, 0.15) is 36.5 Å². The van der Waals surface area contributed by atoms with Crippen molar-refractivity contribution >= 4 is 16.9 Å². The summed E-state index contributed by atoms with van der Waals surface area (Å²) in [6, 6.07) is 13.3. The van der Waals surface area contributed by atoms with Crippen molar-refractivity contribution in [3.05, 3.63) is 53.9 Å². The number of carbonyl (C=O) groups is 1. The SMILES string of the molecule is COc1ccc(C(=O)NCCc2nc3ccccc3n2CCC(C)C)cc1OC. The molecule has 1 aromatic heterocycles. The number of aromatic nitrogens is 2. The zero-order valence-corrected chi connectivity index (χ0v) is 17.6. The number of benzene rings is 2. The van der Waals surface area contributed by atoms with Crippen molar-refractivity contribution in [2.24, 2.45) is 5.92 Å². The normalized spacial score (nSPS) is 11.1. The lowest BCUT2D eigenvalue weighted by atomic mass is 10.1. The van der Waals surface area contributed by atoms with Crippen molar-refractivity contribution in [3.8, 4) is 11.5 Å². The van der Waals surface area contributed by atoms with Gasteiger partial charge in [0.1, 0.15) is 5.82 Å². The summed E-state index contributed by atoms with van der Waals surface area (Å²) in [7, 11) is 3.13. The maximum absolute atomic E-state index is 12.5. The minimum atomic E-state index is -0.143. The van der Waals surface area contributed by atoms with E-state index in [2.05, 4.69) is 29.8 Å². The predicted octanol–water partition coefficient (Wildman–Crippen LogP) is 4.07. The number of para-hydroxylation sites is 2. The largest absolute Gasteiger partial charge is 0.493 e. The van der Waals surface area contributed by atoms with Gasteiger partial charge in [-0.1, -0.05) is 26.0 Å². The van der Waals surface area contributed by atoms with Gasteiger partial charge in [0, 0.05) is 25.1 Å². The number of fused-ring (bicyclic) bond motifs is 1. The van der Waals surface area contributed by atoms with Crippen LogP contribution < -0.4 is 14.8 Å². The minimum absolute atomic E-state index is 0.143. The molecule has 0 radical (unpaired) electrons. The molecule has 0 aliphatic carbocycles. The van der Waals surface area contributed by atoms with Crippen molar-refractivity contribution in [2.75, 3.05) is 20.8 Å². The number of ether oxygens (including phenoxy) is 2. The highest BCUT2D eigenvalue weighted by Gasteiger charge is 2.13. The molecule has 1 N–H and O–H groups in total. The summed E-state index contributed by atoms with van der Waals surface area (Å²) in [6.45, 7) is 5.89. The van der Waals surface area contributed by atoms with E-state index in [4.69, 9.17) is 14.5 Å². The molecular weight excluding hydrogens is 366 g/mol. The standard InChI is InChI=1S/C23H29N3O3/c1-16(2)12-14-26-19-8-6-5-7-18(19)25-22(26)11-13-24-23(27)17-9-10-20(28-3)21(15-17)29-4/h5-10,15-16H,11-14H2,1-4H3,(H,24,27). The van der Waals surface area contributed by atoms with E-state index >= 15 is 0 Å². The summed E-state index contributed by atoms with van der Waals surface area (Å²) in [6.07, 6.45) is 1.76. The molecular formula is C23H29N3O3. The fraction of sp³-hybridized carbons (Fsp3) is 0.391. The van der Waals surface area contributed by atoms with Gasteiger partial charge >= 0.3 is 0 Å². The van der Waals surface area contributed by atoms with E-state index in [0.717, 1.165) is 29.8 Å². The van der Waals surface area contributed by atoms with Gasteiger partial charge in [0.2, 0.25) is 0 Å². The van der Waals surface area contributed by atoms with Crippen molar-refractivity contribution in [1.82, 2.24) is 14.9 Å². The maximum atomic E-state index is 12.5. The smallest absolute Gasteiger partial charge is 0.251 e. The van der Waals surface area contributed by atoms with E-state index in [-0.39, 0.29) is 5.91 Å². The summed E-state index contributed by atoms with van der Waals surface area (Å²) in [4.78, 5) is 17.3. The molecule has 1 amide bonds. The summed E-state index contributed by atoms with van der Waals surface area (Å²) >= 11 is 0. The molecule has 2 aromatic carbocycles. The molecule has 0 aliphatic rings. The van der Waals surface area contributed by atoms with Crippen LogP contribution in [0.5, 0.6) is 11.5 Å². The average molecular weight is 396 g/mol. The molecule has 154 valence electrons. The van der Waals surface area contributed by atoms with Gasteiger partial charge in [0.15, 0.2) is 11.5 Å². The Kier molecular flexibility index (Phi) is 6.75. The fourth-order valence-electron chi connectivity index (χ4n) is 3.32. The van der Waals surface area contributed by atoms with E-state index in [1.165, 1.54) is 0 Å². The number of hydrogen-bond acceptors (Lipinski definition) is 4. The Morgan fingerprint density at radius 1 is 1.10 bits per heavy atom. The number of methoxy groups -OCH3 is 2. The number of nitrogens with one attached hydrogen (secondary N) is 1. The maximum Gasteiger partial charge on any atom is 0.251 e. The Hall–Kier alpha value is -3.02. The minimum Gasteiger partial charge on any atom is -0.493 e. The number of rotatable bonds is 9. The predicted molar refractivity (Wildman–Crippen MR) is 115 cm³/mol. The molecule has 0 aliphatic heterocycles. The van der Waals surface area contributed by atoms with Crippen LogP contribution in [0.2, 0.25) is 0 Å². The lowest BCUT2D eigenvalue weighted by Gasteiger charge is -2.12. The van der Waals surface area contributed by atoms with Gasteiger partial charge in [-0.15, -0.1) is 0 Å². The van der Waals surface area contributed by atoms with Gasteiger partial charge in [-0.2, -0.15) is 0 Å².